The molecule has 0 spiro atoms. The van der Waals surface area contributed by atoms with Crippen molar-refractivity contribution in [2.24, 2.45) is 0 Å². The predicted octanol–water partition coefficient (Wildman–Crippen LogP) is 13.6. The highest BCUT2D eigenvalue weighted by molar-refractivity contribution is 6.10. The van der Waals surface area contributed by atoms with Crippen LogP contribution in [0.15, 0.2) is 213 Å². The topological polar surface area (TPSA) is 9.86 Å². The summed E-state index contributed by atoms with van der Waals surface area (Å²) in [6.45, 7) is 8.70. The molecule has 0 atom stereocenters. The van der Waals surface area contributed by atoms with E-state index in [2.05, 4.69) is 242 Å². The van der Waals surface area contributed by atoms with Crippen molar-refractivity contribution in [1.29, 1.82) is 0 Å². The molecule has 284 valence electrons. The van der Waals surface area contributed by atoms with Crippen LogP contribution in [0, 0.1) is 6.92 Å². The number of allylic oxidation sites excluding steroid dienone is 7. The van der Waals surface area contributed by atoms with Crippen molar-refractivity contribution in [2.75, 3.05) is 0 Å². The van der Waals surface area contributed by atoms with E-state index in [0.717, 1.165) is 23.1 Å². The van der Waals surface area contributed by atoms with Gasteiger partial charge in [-0.15, -0.1) is 0 Å². The van der Waals surface area contributed by atoms with Gasteiger partial charge in [-0.3, -0.25) is 0 Å². The van der Waals surface area contributed by atoms with Gasteiger partial charge in [-0.1, -0.05) is 176 Å². The summed E-state index contributed by atoms with van der Waals surface area (Å²) in [5, 5.41) is 6.47. The van der Waals surface area contributed by atoms with Crippen LogP contribution >= 0.6 is 0 Å². The van der Waals surface area contributed by atoms with Gasteiger partial charge in [0.1, 0.15) is 0 Å². The van der Waals surface area contributed by atoms with Gasteiger partial charge in [0.25, 0.3) is 0 Å². The molecule has 0 amide bonds. The Morgan fingerprint density at radius 3 is 1.88 bits per heavy atom. The minimum Gasteiger partial charge on any atom is -0.313 e. The van der Waals surface area contributed by atoms with E-state index >= 15 is 0 Å². The SMILES string of the molecule is C1=CCC=c2c(n(-c3ccc(-c4ccccc4)cc3)c3ccccc23)=C1.C=C(/C=C(\C=C(/C)n1c2ccccc2c2cc(C)ccc21)c1ccccc1)c1ccccc1. The zero-order chi connectivity index (χ0) is 40.1. The summed E-state index contributed by atoms with van der Waals surface area (Å²) in [4.78, 5) is 0. The third-order valence-corrected chi connectivity index (χ3v) is 11.2. The largest absolute Gasteiger partial charge is 0.313 e. The summed E-state index contributed by atoms with van der Waals surface area (Å²) in [5.74, 6) is 0. The average molecular weight is 759 g/mol. The molecule has 1 aliphatic carbocycles. The van der Waals surface area contributed by atoms with E-state index < -0.39 is 0 Å². The Morgan fingerprint density at radius 1 is 0.559 bits per heavy atom. The minimum absolute atomic E-state index is 0.977. The number of aryl methyl sites for hydroxylation is 1. The molecular formula is C57H46N2. The van der Waals surface area contributed by atoms with Gasteiger partial charge < -0.3 is 9.13 Å². The van der Waals surface area contributed by atoms with Crippen LogP contribution in [0.5, 0.6) is 0 Å². The molecule has 1 aliphatic rings. The molecule has 9 aromatic rings. The molecule has 2 nitrogen and oxygen atoms in total. The van der Waals surface area contributed by atoms with Crippen LogP contribution < -0.4 is 10.6 Å². The summed E-state index contributed by atoms with van der Waals surface area (Å²) in [5.41, 5.74) is 14.3. The molecule has 0 radical (unpaired) electrons. The Hall–Kier alpha value is -7.42. The fourth-order valence-electron chi connectivity index (χ4n) is 8.32. The second-order valence-corrected chi connectivity index (χ2v) is 15.1. The van der Waals surface area contributed by atoms with Gasteiger partial charge in [0.2, 0.25) is 0 Å². The maximum absolute atomic E-state index is 4.36. The van der Waals surface area contributed by atoms with Crippen molar-refractivity contribution in [3.63, 3.8) is 0 Å². The van der Waals surface area contributed by atoms with E-state index in [1.165, 1.54) is 76.9 Å². The fraction of sp³-hybridized carbons (Fsp3) is 0.0526. The van der Waals surface area contributed by atoms with Crippen molar-refractivity contribution in [2.45, 2.75) is 20.3 Å². The molecule has 2 heterocycles. The summed E-state index contributed by atoms with van der Waals surface area (Å²) < 4.78 is 4.73. The number of rotatable bonds is 7. The third kappa shape index (κ3) is 7.57. The lowest BCUT2D eigenvalue weighted by Crippen LogP contribution is -2.27. The Morgan fingerprint density at radius 2 is 1.15 bits per heavy atom. The first-order valence-corrected chi connectivity index (χ1v) is 20.4. The fourth-order valence-corrected chi connectivity index (χ4v) is 8.32. The van der Waals surface area contributed by atoms with Gasteiger partial charge in [-0.25, -0.2) is 0 Å². The first kappa shape index (κ1) is 37.2. The number of hydrogen-bond acceptors (Lipinski definition) is 0. The smallest absolute Gasteiger partial charge is 0.0540 e. The quantitative estimate of drug-likeness (QED) is 0.143. The van der Waals surface area contributed by atoms with Gasteiger partial charge in [0.05, 0.1) is 21.9 Å². The molecule has 0 N–H and O–H groups in total. The molecule has 59 heavy (non-hydrogen) atoms. The normalized spacial score (nSPS) is 12.6. The number of aromatic nitrogens is 2. The number of para-hydroxylation sites is 2. The summed E-state index contributed by atoms with van der Waals surface area (Å²) >= 11 is 0. The molecule has 10 rings (SSSR count). The van der Waals surface area contributed by atoms with Gasteiger partial charge in [0.15, 0.2) is 0 Å². The second kappa shape index (κ2) is 16.6. The molecule has 0 fully saturated rings. The van der Waals surface area contributed by atoms with E-state index in [1.54, 1.807) is 0 Å². The van der Waals surface area contributed by atoms with E-state index in [4.69, 9.17) is 0 Å². The van der Waals surface area contributed by atoms with Gasteiger partial charge in [-0.05, 0) is 108 Å². The monoisotopic (exact) mass is 758 g/mol. The van der Waals surface area contributed by atoms with Crippen molar-refractivity contribution in [3.05, 3.63) is 240 Å². The molecule has 0 saturated carbocycles. The van der Waals surface area contributed by atoms with Crippen LogP contribution in [0.4, 0.5) is 0 Å². The van der Waals surface area contributed by atoms with Crippen LogP contribution in [0.1, 0.15) is 30.0 Å². The van der Waals surface area contributed by atoms with E-state index in [0.29, 0.717) is 0 Å². The Labute approximate surface area is 346 Å². The lowest BCUT2D eigenvalue weighted by atomic mass is 9.99. The molecule has 2 aromatic heterocycles. The highest BCUT2D eigenvalue weighted by Gasteiger charge is 2.13. The average Bonchev–Trinajstić information content (AvgIpc) is 3.66. The lowest BCUT2D eigenvalue weighted by Gasteiger charge is -2.12. The molecule has 2 heteroatoms. The maximum Gasteiger partial charge on any atom is 0.0540 e. The number of benzene rings is 7. The highest BCUT2D eigenvalue weighted by atomic mass is 15.0. The first-order valence-electron chi connectivity index (χ1n) is 20.4. The molecule has 7 aromatic carbocycles. The molecule has 0 saturated heterocycles. The van der Waals surface area contributed by atoms with Crippen molar-refractivity contribution in [1.82, 2.24) is 9.13 Å². The van der Waals surface area contributed by atoms with Gasteiger partial charge in [-0.2, -0.15) is 0 Å². The van der Waals surface area contributed by atoms with Crippen molar-refractivity contribution >= 4 is 61.7 Å². The zero-order valence-corrected chi connectivity index (χ0v) is 33.6. The standard InChI is InChI=1S/C32H27N.C25H19N/c1-23-18-19-32-30(20-23)29-16-10-11-17-31(29)33(32)25(3)22-28(27-14-8-5-9-15-27)21-24(2)26-12-6-4-7-13-26;1-3-9-19(10-4-1)20-15-17-21(18-16-20)26-24-13-6-2-5-11-22(24)23-12-7-8-14-25(23)26/h4-22H,2H2,1,3H3;1-4,6-18H,5H2/b25-22+,28-21+;. The summed E-state index contributed by atoms with van der Waals surface area (Å²) in [6, 6.07) is 64.3. The number of hydrogen-bond donors (Lipinski definition) is 0. The second-order valence-electron chi connectivity index (χ2n) is 15.1. The third-order valence-electron chi connectivity index (χ3n) is 11.2. The molecule has 0 bridgehead atoms. The van der Waals surface area contributed by atoms with E-state index in [9.17, 15) is 0 Å². The lowest BCUT2D eigenvalue weighted by molar-refractivity contribution is 1.07. The first-order chi connectivity index (χ1) is 29.0. The van der Waals surface area contributed by atoms with Crippen molar-refractivity contribution < 1.29 is 0 Å². The Balaban J connectivity index is 0.000000156. The maximum atomic E-state index is 4.36. The molecule has 0 unspecified atom stereocenters. The predicted molar refractivity (Wildman–Crippen MR) is 255 cm³/mol. The molecule has 0 aliphatic heterocycles. The molecular weight excluding hydrogens is 713 g/mol. The van der Waals surface area contributed by atoms with Crippen LogP contribution in [0.3, 0.4) is 0 Å². The Bertz CT molecular complexity index is 3170. The number of nitrogens with zero attached hydrogens (tertiary/aromatic N) is 2. The van der Waals surface area contributed by atoms with Gasteiger partial charge in [0, 0.05) is 32.8 Å². The summed E-state index contributed by atoms with van der Waals surface area (Å²) in [7, 11) is 0. The minimum atomic E-state index is 0.977. The zero-order valence-electron chi connectivity index (χ0n) is 33.6. The highest BCUT2D eigenvalue weighted by Crippen LogP contribution is 2.34. The van der Waals surface area contributed by atoms with Crippen LogP contribution in [0.2, 0.25) is 0 Å². The van der Waals surface area contributed by atoms with Crippen LogP contribution in [0.25, 0.3) is 78.5 Å². The summed E-state index contributed by atoms with van der Waals surface area (Å²) in [6.07, 6.45) is 14.4. The van der Waals surface area contributed by atoms with Crippen LogP contribution in [-0.4, -0.2) is 9.13 Å². The van der Waals surface area contributed by atoms with Gasteiger partial charge >= 0.3 is 0 Å². The Kier molecular flexibility index (Phi) is 10.5. The number of fused-ring (bicyclic) bond motifs is 6. The van der Waals surface area contributed by atoms with E-state index in [-0.39, 0.29) is 0 Å². The van der Waals surface area contributed by atoms with Crippen LogP contribution in [-0.2, 0) is 0 Å². The van der Waals surface area contributed by atoms with E-state index in [1.807, 2.05) is 6.07 Å². The van der Waals surface area contributed by atoms with Crippen molar-refractivity contribution in [3.8, 4) is 16.8 Å².